The molecule has 3 saturated heterocycles. The molecule has 4 N–H and O–H groups in total. The van der Waals surface area contributed by atoms with Crippen molar-refractivity contribution in [2.24, 2.45) is 5.92 Å². The van der Waals surface area contributed by atoms with Crippen LogP contribution >= 0.6 is 24.4 Å². The van der Waals surface area contributed by atoms with Gasteiger partial charge in [0.2, 0.25) is 0 Å². The summed E-state index contributed by atoms with van der Waals surface area (Å²) < 4.78 is 0. The topological polar surface area (TPSA) is 85.7 Å². The van der Waals surface area contributed by atoms with E-state index in [9.17, 15) is 15.3 Å². The minimum Gasteiger partial charge on any atom is -0.508 e. The van der Waals surface area contributed by atoms with E-state index in [0.717, 1.165) is 81.6 Å². The number of phenols is 3. The van der Waals surface area contributed by atoms with Gasteiger partial charge in [-0.05, 0) is 135 Å². The van der Waals surface area contributed by atoms with Crippen molar-refractivity contribution >= 4 is 34.7 Å². The molecule has 0 aromatic heterocycles. The molecule has 7 rings (SSSR count). The van der Waals surface area contributed by atoms with Gasteiger partial charge in [-0.2, -0.15) is 0 Å². The molecule has 3 aromatic carbocycles. The van der Waals surface area contributed by atoms with Crippen molar-refractivity contribution in [2.75, 3.05) is 39.3 Å². The Kier molecular flexibility index (Phi) is 12.0. The van der Waals surface area contributed by atoms with Gasteiger partial charge >= 0.3 is 0 Å². The Morgan fingerprint density at radius 2 is 1.21 bits per heavy atom. The number of nitrogens with zero attached hydrogens (tertiary/aromatic N) is 4. The number of phenolic OH excluding ortho intramolecular Hbond substituents is 3. The van der Waals surface area contributed by atoms with Crippen molar-refractivity contribution < 1.29 is 15.3 Å². The number of benzene rings is 3. The third kappa shape index (κ3) is 9.12. The summed E-state index contributed by atoms with van der Waals surface area (Å²) in [6.45, 7) is 5.57. The molecule has 0 radical (unpaired) electrons. The second-order valence-corrected chi connectivity index (χ2v) is 16.4. The number of thiocarbonyl (C=S) groups is 2. The highest BCUT2D eigenvalue weighted by atomic mass is 32.1. The number of hydrogen-bond donors (Lipinski definition) is 4. The normalized spacial score (nSPS) is 23.7. The molecule has 0 bridgehead atoms. The van der Waals surface area contributed by atoms with E-state index in [1.54, 1.807) is 36.4 Å². The van der Waals surface area contributed by atoms with Gasteiger partial charge in [0.05, 0.1) is 12.1 Å². The van der Waals surface area contributed by atoms with Crippen LogP contribution in [0.15, 0.2) is 72.8 Å². The van der Waals surface area contributed by atoms with Crippen LogP contribution in [0.2, 0.25) is 0 Å². The lowest BCUT2D eigenvalue weighted by Gasteiger charge is -2.37. The molecular weight excluding hydrogens is 687 g/mol. The molecule has 278 valence electrons. The van der Waals surface area contributed by atoms with E-state index in [1.807, 2.05) is 12.1 Å². The van der Waals surface area contributed by atoms with Crippen LogP contribution in [0.3, 0.4) is 0 Å². The molecule has 0 amide bonds. The van der Waals surface area contributed by atoms with Crippen molar-refractivity contribution in [1.82, 2.24) is 24.9 Å². The maximum absolute atomic E-state index is 10.1. The Morgan fingerprint density at radius 3 is 1.83 bits per heavy atom. The largest absolute Gasteiger partial charge is 0.508 e. The number of hydrogen-bond acceptors (Lipinski definition) is 6. The fraction of sp³-hybridized carbons (Fsp3) is 0.524. The predicted molar refractivity (Wildman–Crippen MR) is 216 cm³/mol. The summed E-state index contributed by atoms with van der Waals surface area (Å²) in [4.78, 5) is 10.2. The van der Waals surface area contributed by atoms with Gasteiger partial charge in [-0.1, -0.05) is 62.1 Å². The zero-order valence-corrected chi connectivity index (χ0v) is 31.9. The van der Waals surface area contributed by atoms with Crippen LogP contribution < -0.4 is 5.32 Å². The molecule has 4 fully saturated rings. The Balaban J connectivity index is 1.11. The third-order valence-corrected chi connectivity index (χ3v) is 12.8. The molecule has 1 aliphatic carbocycles. The van der Waals surface area contributed by atoms with Gasteiger partial charge in [0.15, 0.2) is 10.2 Å². The lowest BCUT2D eigenvalue weighted by Crippen LogP contribution is -2.51. The minimum absolute atomic E-state index is 0.176. The molecule has 3 aliphatic heterocycles. The predicted octanol–water partition coefficient (Wildman–Crippen LogP) is 6.46. The Labute approximate surface area is 320 Å². The highest BCUT2D eigenvalue weighted by molar-refractivity contribution is 7.80. The average Bonchev–Trinajstić information content (AvgIpc) is 3.73. The average molecular weight is 742 g/mol. The van der Waals surface area contributed by atoms with Crippen LogP contribution in [-0.4, -0.2) is 109 Å². The summed E-state index contributed by atoms with van der Waals surface area (Å²) in [5, 5.41) is 35.2. The van der Waals surface area contributed by atoms with Crippen LogP contribution in [-0.2, 0) is 19.3 Å². The first-order valence-electron chi connectivity index (χ1n) is 19.5. The maximum atomic E-state index is 10.1. The fourth-order valence-electron chi connectivity index (χ4n) is 9.08. The molecular formula is C42H55N5O3S2. The zero-order valence-electron chi connectivity index (χ0n) is 30.3. The van der Waals surface area contributed by atoms with E-state index < -0.39 is 0 Å². The standard InChI is InChI=1S/C42H55N5O3S2/c48-38-15-9-30(10-16-38)22-35-25-43-41(51)45(35)28-34-8-5-21-44(34)27-36(23-31-11-17-39(49)18-12-31)47-29-37(24-32-13-19-40(50)20-14-32)46(42(47)52)26-33-6-3-1-2-4-7-33/h9-20,33-37,48-50H,1-8,21-29H2,(H,43,51)/t34?,35-,36-,37-/m0/s1. The summed E-state index contributed by atoms with van der Waals surface area (Å²) in [5.74, 6) is 1.54. The second kappa shape index (κ2) is 17.0. The molecule has 0 spiro atoms. The quantitative estimate of drug-likeness (QED) is 0.116. The van der Waals surface area contributed by atoms with Crippen LogP contribution in [0.4, 0.5) is 0 Å². The SMILES string of the molecule is Oc1ccc(C[C@H]2CNC(=S)N2CC2CCCN2C[C@H](Cc2ccc(O)cc2)N2C[C@H](Cc3ccc(O)cc3)N(CC3CCCCCC3)C2=S)cc1. The minimum atomic E-state index is 0.176. The van der Waals surface area contributed by atoms with Crippen LogP contribution in [0, 0.1) is 5.92 Å². The number of nitrogens with one attached hydrogen (secondary N) is 1. The van der Waals surface area contributed by atoms with Crippen molar-refractivity contribution in [3.05, 3.63) is 89.5 Å². The maximum Gasteiger partial charge on any atom is 0.172 e. The first-order valence-corrected chi connectivity index (χ1v) is 20.3. The van der Waals surface area contributed by atoms with Gasteiger partial charge < -0.3 is 35.3 Å². The molecule has 8 nitrogen and oxygen atoms in total. The van der Waals surface area contributed by atoms with Crippen LogP contribution in [0.5, 0.6) is 17.2 Å². The number of likely N-dealkylation sites (tertiary alicyclic amines) is 1. The molecule has 3 aromatic rings. The Bertz CT molecular complexity index is 1630. The molecule has 4 aliphatic rings. The van der Waals surface area contributed by atoms with Crippen molar-refractivity contribution in [1.29, 1.82) is 0 Å². The van der Waals surface area contributed by atoms with Crippen LogP contribution in [0.1, 0.15) is 68.1 Å². The van der Waals surface area contributed by atoms with Gasteiger partial charge in [0.1, 0.15) is 17.2 Å². The van der Waals surface area contributed by atoms with Gasteiger partial charge in [-0.3, -0.25) is 4.90 Å². The summed E-state index contributed by atoms with van der Waals surface area (Å²) in [6, 6.07) is 24.1. The van der Waals surface area contributed by atoms with Crippen molar-refractivity contribution in [3.63, 3.8) is 0 Å². The molecule has 1 unspecified atom stereocenters. The summed E-state index contributed by atoms with van der Waals surface area (Å²) >= 11 is 12.4. The van der Waals surface area contributed by atoms with E-state index in [-0.39, 0.29) is 23.9 Å². The van der Waals surface area contributed by atoms with E-state index in [2.05, 4.69) is 49.2 Å². The highest BCUT2D eigenvalue weighted by Crippen LogP contribution is 2.32. The monoisotopic (exact) mass is 741 g/mol. The van der Waals surface area contributed by atoms with E-state index in [1.165, 1.54) is 55.2 Å². The van der Waals surface area contributed by atoms with Gasteiger partial charge in [-0.15, -0.1) is 0 Å². The summed E-state index contributed by atoms with van der Waals surface area (Å²) in [7, 11) is 0. The summed E-state index contributed by atoms with van der Waals surface area (Å²) in [6.07, 6.45) is 12.8. The van der Waals surface area contributed by atoms with Gasteiger partial charge in [0, 0.05) is 44.8 Å². The van der Waals surface area contributed by atoms with Gasteiger partial charge in [-0.25, -0.2) is 0 Å². The van der Waals surface area contributed by atoms with Crippen LogP contribution in [0.25, 0.3) is 0 Å². The number of aromatic hydroxyl groups is 3. The Morgan fingerprint density at radius 1 is 0.635 bits per heavy atom. The zero-order chi connectivity index (χ0) is 36.0. The lowest BCUT2D eigenvalue weighted by molar-refractivity contribution is 0.159. The van der Waals surface area contributed by atoms with E-state index in [0.29, 0.717) is 23.5 Å². The molecule has 3 heterocycles. The van der Waals surface area contributed by atoms with E-state index in [4.69, 9.17) is 24.4 Å². The fourth-order valence-corrected chi connectivity index (χ4v) is 9.83. The van der Waals surface area contributed by atoms with Crippen molar-refractivity contribution in [3.8, 4) is 17.2 Å². The molecule has 4 atom stereocenters. The Hall–Kier alpha value is -3.60. The highest BCUT2D eigenvalue weighted by Gasteiger charge is 2.41. The van der Waals surface area contributed by atoms with Gasteiger partial charge in [0.25, 0.3) is 0 Å². The summed E-state index contributed by atoms with van der Waals surface area (Å²) in [5.41, 5.74) is 3.64. The molecule has 10 heteroatoms. The molecule has 1 saturated carbocycles. The second-order valence-electron chi connectivity index (χ2n) is 15.6. The number of rotatable bonds is 13. The van der Waals surface area contributed by atoms with E-state index >= 15 is 0 Å². The molecule has 52 heavy (non-hydrogen) atoms. The lowest BCUT2D eigenvalue weighted by atomic mass is 9.98. The first-order chi connectivity index (χ1) is 25.3. The smallest absolute Gasteiger partial charge is 0.172 e. The first kappa shape index (κ1) is 36.7. The van der Waals surface area contributed by atoms with Crippen molar-refractivity contribution in [2.45, 2.75) is 94.8 Å². The third-order valence-electron chi connectivity index (χ3n) is 12.0.